The second-order valence-electron chi connectivity index (χ2n) is 19.4. The van der Waals surface area contributed by atoms with Crippen LogP contribution in [0.25, 0.3) is 0 Å². The predicted molar refractivity (Wildman–Crippen MR) is 245 cm³/mol. The van der Waals surface area contributed by atoms with Gasteiger partial charge < -0.3 is 58.5 Å². The van der Waals surface area contributed by atoms with Gasteiger partial charge in [0.2, 0.25) is 0 Å². The van der Waals surface area contributed by atoms with Crippen LogP contribution in [0, 0.1) is 16.7 Å². The number of benzene rings is 1. The number of aliphatic hydroxyl groups is 3. The molecule has 4 N–H and O–H groups in total. The number of esters is 4. The third-order valence-electron chi connectivity index (χ3n) is 13.3. The number of methoxy groups -OCH3 is 2. The first kappa shape index (κ1) is 53.6. The van der Waals surface area contributed by atoms with Crippen LogP contribution in [-0.4, -0.2) is 143 Å². The molecule has 11 atom stereocenters. The summed E-state index contributed by atoms with van der Waals surface area (Å²) in [4.78, 5) is 84.4. The monoisotopic (exact) mass is 979 g/mol. The first-order chi connectivity index (χ1) is 31.1. The van der Waals surface area contributed by atoms with E-state index in [-0.39, 0.29) is 47.7 Å². The van der Waals surface area contributed by atoms with Crippen molar-refractivity contribution >= 4 is 57.3 Å². The molecule has 1 aliphatic heterocycles. The van der Waals surface area contributed by atoms with Crippen LogP contribution >= 0.6 is 21.6 Å². The lowest BCUT2D eigenvalue weighted by atomic mass is 9.44. The number of nitrogens with one attached hydrogen (secondary N) is 1. The van der Waals surface area contributed by atoms with Gasteiger partial charge in [-0.3, -0.25) is 14.4 Å². The van der Waals surface area contributed by atoms with Gasteiger partial charge in [-0.1, -0.05) is 47.1 Å². The van der Waals surface area contributed by atoms with E-state index in [1.807, 2.05) is 6.26 Å². The van der Waals surface area contributed by atoms with Crippen molar-refractivity contribution in [1.82, 2.24) is 5.32 Å². The molecule has 0 unspecified atom stereocenters. The van der Waals surface area contributed by atoms with Crippen molar-refractivity contribution in [3.05, 3.63) is 46.6 Å². The molecule has 1 heterocycles. The fourth-order valence-corrected chi connectivity index (χ4v) is 11.3. The number of fused-ring (bicyclic) bond motifs is 5. The van der Waals surface area contributed by atoms with Crippen molar-refractivity contribution in [3.8, 4) is 11.5 Å². The quantitative estimate of drug-likeness (QED) is 0.0605. The maximum Gasteiger partial charge on any atom is 0.408 e. The van der Waals surface area contributed by atoms with Crippen LogP contribution in [0.3, 0.4) is 0 Å². The number of aliphatic hydroxyl groups excluding tert-OH is 2. The average molecular weight is 980 g/mol. The predicted octanol–water partition coefficient (Wildman–Crippen LogP) is 4.82. The molecule has 0 radical (unpaired) electrons. The second kappa shape index (κ2) is 20.3. The number of carbonyl (C=O) groups excluding carboxylic acids is 6. The summed E-state index contributed by atoms with van der Waals surface area (Å²) in [7, 11) is 5.57. The van der Waals surface area contributed by atoms with Crippen LogP contribution in [-0.2, 0) is 47.6 Å². The Balaban J connectivity index is 1.75. The number of alkyl carbamates (subject to hydrolysis) is 1. The van der Waals surface area contributed by atoms with E-state index < -0.39 is 118 Å². The average Bonchev–Trinajstić information content (AvgIpc) is 3.22. The molecule has 2 saturated carbocycles. The Morgan fingerprint density at radius 1 is 1.03 bits per heavy atom. The van der Waals surface area contributed by atoms with Gasteiger partial charge in [-0.05, 0) is 84.1 Å². The third-order valence-corrected chi connectivity index (χ3v) is 15.1. The van der Waals surface area contributed by atoms with E-state index in [4.69, 9.17) is 37.9 Å². The third kappa shape index (κ3) is 10.3. The van der Waals surface area contributed by atoms with Crippen LogP contribution in [0.4, 0.5) is 4.79 Å². The molecule has 1 aromatic carbocycles. The Kier molecular flexibility index (Phi) is 16.3. The topological polar surface area (TPSA) is 249 Å². The normalized spacial score (nSPS) is 30.5. The molecular formula is C47H65NO17S2. The second-order valence-corrected chi connectivity index (χ2v) is 22.0. The number of Topliss-reactive ketones (excluding diaryl/α,β-unsaturated/α-hetero) is 1. The highest BCUT2D eigenvalue weighted by molar-refractivity contribution is 8.76. The van der Waals surface area contributed by atoms with E-state index in [0.29, 0.717) is 11.3 Å². The molecule has 18 nitrogen and oxygen atoms in total. The van der Waals surface area contributed by atoms with Crippen molar-refractivity contribution < 1.29 is 82.0 Å². The van der Waals surface area contributed by atoms with E-state index in [2.05, 4.69) is 5.32 Å². The number of carbonyl (C=O) groups is 6. The summed E-state index contributed by atoms with van der Waals surface area (Å²) < 4.78 is 47.2. The molecule has 1 amide bonds. The van der Waals surface area contributed by atoms with Crippen LogP contribution in [0.1, 0.15) is 98.9 Å². The van der Waals surface area contributed by atoms with Gasteiger partial charge in [0, 0.05) is 30.9 Å². The highest BCUT2D eigenvalue weighted by Gasteiger charge is 2.78. The van der Waals surface area contributed by atoms with Gasteiger partial charge in [0.1, 0.15) is 58.8 Å². The molecular weight excluding hydrogens is 915 g/mol. The lowest BCUT2D eigenvalue weighted by molar-refractivity contribution is -0.346. The SMILES string of the molecule is COc1ccc(OC)c(C(=O)O[C@H]2[C@@H]3[C@]4(OC(C)=O)CO[C@@H]4C[C@H](OC(=O)CCSSC)[C@@]3(C)C(=O)[C@H](O)C3=C(C)[C@@H](OC(=O)[C@H](O)[C@H](C=C(C)C)NC(=O)OC(C)(C)C)C[C@]2(O)C3(C)C)c1. The van der Waals surface area contributed by atoms with Gasteiger partial charge in [-0.25, -0.2) is 14.4 Å². The maximum absolute atomic E-state index is 15.6. The lowest BCUT2D eigenvalue weighted by Gasteiger charge is -2.67. The summed E-state index contributed by atoms with van der Waals surface area (Å²) in [5.41, 5.74) is -8.62. The number of amides is 1. The molecule has 3 aliphatic carbocycles. The smallest absolute Gasteiger partial charge is 0.408 e. The zero-order valence-electron chi connectivity index (χ0n) is 40.3. The largest absolute Gasteiger partial charge is 0.497 e. The lowest BCUT2D eigenvalue weighted by Crippen LogP contribution is -2.82. The van der Waals surface area contributed by atoms with Crippen LogP contribution < -0.4 is 14.8 Å². The van der Waals surface area contributed by atoms with Gasteiger partial charge in [-0.15, -0.1) is 0 Å². The summed E-state index contributed by atoms with van der Waals surface area (Å²) in [6.07, 6.45) is -8.60. The first-order valence-corrected chi connectivity index (χ1v) is 24.6. The number of hydrogen-bond donors (Lipinski definition) is 4. The molecule has 0 spiro atoms. The number of ketones is 1. The van der Waals surface area contributed by atoms with E-state index in [1.54, 1.807) is 40.7 Å². The Bertz CT molecular complexity index is 2160. The minimum absolute atomic E-state index is 0.0436. The van der Waals surface area contributed by atoms with Crippen molar-refractivity contribution in [2.75, 3.05) is 32.8 Å². The van der Waals surface area contributed by atoms with E-state index in [0.717, 1.165) is 6.92 Å². The fraction of sp³-hybridized carbons (Fsp3) is 0.660. The first-order valence-electron chi connectivity index (χ1n) is 21.9. The molecule has 67 heavy (non-hydrogen) atoms. The highest BCUT2D eigenvalue weighted by Crippen LogP contribution is 2.64. The maximum atomic E-state index is 15.6. The molecule has 20 heteroatoms. The summed E-state index contributed by atoms with van der Waals surface area (Å²) >= 11 is 0. The zero-order chi connectivity index (χ0) is 50.2. The Morgan fingerprint density at radius 3 is 2.25 bits per heavy atom. The Morgan fingerprint density at radius 2 is 1.70 bits per heavy atom. The summed E-state index contributed by atoms with van der Waals surface area (Å²) in [5, 5.41) is 40.4. The van der Waals surface area contributed by atoms with E-state index >= 15 is 4.79 Å². The molecule has 1 saturated heterocycles. The number of hydrogen-bond acceptors (Lipinski definition) is 19. The number of ether oxygens (including phenoxy) is 8. The van der Waals surface area contributed by atoms with Crippen LogP contribution in [0.5, 0.6) is 11.5 Å². The van der Waals surface area contributed by atoms with Crippen molar-refractivity contribution in [3.63, 3.8) is 0 Å². The van der Waals surface area contributed by atoms with Gasteiger partial charge in [0.25, 0.3) is 0 Å². The minimum Gasteiger partial charge on any atom is -0.497 e. The van der Waals surface area contributed by atoms with Crippen molar-refractivity contribution in [2.45, 2.75) is 148 Å². The van der Waals surface area contributed by atoms with Crippen molar-refractivity contribution in [2.24, 2.45) is 16.7 Å². The Hall–Kier alpha value is -4.34. The molecule has 0 aromatic heterocycles. The molecule has 3 fully saturated rings. The number of rotatable bonds is 15. The molecule has 1 aromatic rings. The molecule has 372 valence electrons. The van der Waals surface area contributed by atoms with Gasteiger partial charge in [0.15, 0.2) is 17.5 Å². The fourth-order valence-electron chi connectivity index (χ4n) is 10.1. The molecule has 5 rings (SSSR count). The van der Waals surface area contributed by atoms with Gasteiger partial charge in [0.05, 0.1) is 44.6 Å². The number of allylic oxidation sites excluding steroid dienone is 1. The van der Waals surface area contributed by atoms with E-state index in [9.17, 15) is 39.3 Å². The van der Waals surface area contributed by atoms with Gasteiger partial charge in [-0.2, -0.15) is 0 Å². The van der Waals surface area contributed by atoms with Crippen LogP contribution in [0.2, 0.25) is 0 Å². The van der Waals surface area contributed by atoms with Gasteiger partial charge >= 0.3 is 30.0 Å². The highest BCUT2D eigenvalue weighted by atomic mass is 33.1. The standard InChI is InChI=1S/C47H65NO17S2/c1-23(2)18-28(48-42(56)65-43(5,6)7)35(51)41(55)61-30-21-47(57)39(63-40(54)27-19-26(58-11)14-15-29(27)59-12)37-45(10,38(53)36(52)34(24(30)3)44(47,8)9)31(62-33(50)16-17-67-66-13)20-32-46(37,22-60-32)64-25(4)49/h14-15,18-19,28,30-32,35-37,39,51-52,57H,16-17,20-22H2,1-13H3,(H,48,56)/t28-,30-,31-,32+,35+,36+,37-,39-,45+,46-,47+/m0/s1. The summed E-state index contributed by atoms with van der Waals surface area (Å²) in [5.74, 6) is -5.78. The zero-order valence-corrected chi connectivity index (χ0v) is 42.0. The molecule has 4 aliphatic rings. The van der Waals surface area contributed by atoms with Crippen molar-refractivity contribution in [1.29, 1.82) is 0 Å². The molecule has 2 bridgehead atoms. The Labute approximate surface area is 398 Å². The summed E-state index contributed by atoms with van der Waals surface area (Å²) in [6, 6.07) is 2.99. The summed E-state index contributed by atoms with van der Waals surface area (Å²) in [6.45, 7) is 15.0. The van der Waals surface area contributed by atoms with Crippen LogP contribution in [0.15, 0.2) is 41.0 Å². The van der Waals surface area contributed by atoms with E-state index in [1.165, 1.54) is 81.7 Å². The minimum atomic E-state index is -2.48.